The molecule has 8 heteroatoms. The van der Waals surface area contributed by atoms with Gasteiger partial charge in [0.05, 0.1) is 6.54 Å². The molecule has 0 spiro atoms. The highest BCUT2D eigenvalue weighted by atomic mass is 16.3. The summed E-state index contributed by atoms with van der Waals surface area (Å²) in [5.74, 6) is 1.06. The van der Waals surface area contributed by atoms with E-state index >= 15 is 0 Å². The topological polar surface area (TPSA) is 105 Å². The summed E-state index contributed by atoms with van der Waals surface area (Å²) < 4.78 is 0. The van der Waals surface area contributed by atoms with Crippen LogP contribution in [0.25, 0.3) is 10.9 Å². The van der Waals surface area contributed by atoms with E-state index in [0.717, 1.165) is 22.2 Å². The lowest BCUT2D eigenvalue weighted by atomic mass is 10.0. The molecule has 1 saturated heterocycles. The van der Waals surface area contributed by atoms with E-state index in [0.29, 0.717) is 61.7 Å². The van der Waals surface area contributed by atoms with Crippen LogP contribution in [0.15, 0.2) is 30.3 Å². The number of nitrogens with zero attached hydrogens (tertiary/aromatic N) is 3. The molecule has 3 aliphatic rings. The van der Waals surface area contributed by atoms with Gasteiger partial charge in [-0.1, -0.05) is 18.2 Å². The number of hydrogen-bond acceptors (Lipinski definition) is 4. The maximum absolute atomic E-state index is 13.1. The predicted molar refractivity (Wildman–Crippen MR) is 109 cm³/mol. The lowest BCUT2D eigenvalue weighted by molar-refractivity contribution is 0.0712. The number of piperidine rings is 1. The first-order chi connectivity index (χ1) is 14.6. The molecular weight excluding hydrogens is 382 g/mol. The van der Waals surface area contributed by atoms with Crippen molar-refractivity contribution < 1.29 is 14.7 Å². The third-order valence-corrected chi connectivity index (χ3v) is 7.05. The Morgan fingerprint density at radius 2 is 1.93 bits per heavy atom. The van der Waals surface area contributed by atoms with Crippen LogP contribution in [-0.4, -0.2) is 68.1 Å². The fourth-order valence-electron chi connectivity index (χ4n) is 5.24. The zero-order valence-electron chi connectivity index (χ0n) is 16.5. The number of H-pyrrole nitrogens is 2. The molecule has 2 aromatic heterocycles. The van der Waals surface area contributed by atoms with Crippen molar-refractivity contribution in [2.24, 2.45) is 17.8 Å². The second kappa shape index (κ2) is 6.43. The highest BCUT2D eigenvalue weighted by Crippen LogP contribution is 2.51. The number of aromatic nitrogens is 3. The number of aromatic amines is 2. The van der Waals surface area contributed by atoms with Crippen molar-refractivity contribution in [3.63, 3.8) is 0 Å². The number of hydrogen-bond donors (Lipinski definition) is 3. The Labute approximate surface area is 172 Å². The van der Waals surface area contributed by atoms with Gasteiger partial charge in [-0.25, -0.2) is 0 Å². The number of para-hydroxylation sites is 1. The van der Waals surface area contributed by atoms with Crippen LogP contribution in [0.3, 0.4) is 0 Å². The van der Waals surface area contributed by atoms with Gasteiger partial charge in [-0.05, 0) is 29.9 Å². The van der Waals surface area contributed by atoms with Crippen molar-refractivity contribution in [3.8, 4) is 0 Å². The number of benzene rings is 1. The van der Waals surface area contributed by atoms with Crippen molar-refractivity contribution in [3.05, 3.63) is 53.0 Å². The average molecular weight is 405 g/mol. The minimum Gasteiger partial charge on any atom is -0.396 e. The van der Waals surface area contributed by atoms with Gasteiger partial charge in [0, 0.05) is 54.8 Å². The maximum atomic E-state index is 13.1. The quantitative estimate of drug-likeness (QED) is 0.613. The van der Waals surface area contributed by atoms with Gasteiger partial charge in [0.1, 0.15) is 5.69 Å². The summed E-state index contributed by atoms with van der Waals surface area (Å²) in [6.07, 6.45) is 0.652. The van der Waals surface area contributed by atoms with Gasteiger partial charge in [0.15, 0.2) is 5.69 Å². The molecule has 4 heterocycles. The number of likely N-dealkylation sites (tertiary alicyclic amines) is 1. The minimum atomic E-state index is -0.0729. The van der Waals surface area contributed by atoms with E-state index in [-0.39, 0.29) is 18.4 Å². The van der Waals surface area contributed by atoms with E-state index in [2.05, 4.69) is 15.2 Å². The van der Waals surface area contributed by atoms with Gasteiger partial charge >= 0.3 is 0 Å². The third-order valence-electron chi connectivity index (χ3n) is 7.05. The van der Waals surface area contributed by atoms with E-state index in [1.165, 1.54) is 0 Å². The molecule has 2 amide bonds. The number of carbonyl (C=O) groups is 2. The van der Waals surface area contributed by atoms with Crippen LogP contribution >= 0.6 is 0 Å². The molecule has 154 valence electrons. The van der Waals surface area contributed by atoms with Gasteiger partial charge in [0.2, 0.25) is 0 Å². The molecule has 6 rings (SSSR count). The Hall–Kier alpha value is -3.13. The second-order valence-electron chi connectivity index (χ2n) is 8.66. The number of rotatable bonds is 3. The van der Waals surface area contributed by atoms with Crippen molar-refractivity contribution in [1.29, 1.82) is 0 Å². The van der Waals surface area contributed by atoms with Gasteiger partial charge < -0.3 is 19.9 Å². The number of nitrogens with one attached hydrogen (secondary N) is 2. The Morgan fingerprint density at radius 3 is 2.70 bits per heavy atom. The van der Waals surface area contributed by atoms with Crippen LogP contribution < -0.4 is 0 Å². The number of carbonyl (C=O) groups excluding carboxylic acids is 2. The molecule has 1 aliphatic carbocycles. The number of aliphatic hydroxyl groups is 1. The van der Waals surface area contributed by atoms with Crippen molar-refractivity contribution >= 4 is 22.7 Å². The maximum Gasteiger partial charge on any atom is 0.274 e. The summed E-state index contributed by atoms with van der Waals surface area (Å²) >= 11 is 0. The molecule has 0 bridgehead atoms. The first-order valence-corrected chi connectivity index (χ1v) is 10.5. The van der Waals surface area contributed by atoms with Crippen LogP contribution in [0.5, 0.6) is 0 Å². The molecule has 30 heavy (non-hydrogen) atoms. The van der Waals surface area contributed by atoms with E-state index in [4.69, 9.17) is 0 Å². The zero-order valence-corrected chi connectivity index (χ0v) is 16.5. The highest BCUT2D eigenvalue weighted by Gasteiger charge is 2.56. The fourth-order valence-corrected chi connectivity index (χ4v) is 5.24. The Balaban J connectivity index is 1.21. The molecule has 1 aromatic carbocycles. The van der Waals surface area contributed by atoms with E-state index in [1.54, 1.807) is 4.90 Å². The van der Waals surface area contributed by atoms with Crippen molar-refractivity contribution in [2.45, 2.75) is 13.0 Å². The average Bonchev–Trinajstić information content (AvgIpc) is 3.22. The smallest absolute Gasteiger partial charge is 0.274 e. The van der Waals surface area contributed by atoms with Crippen LogP contribution in [0, 0.1) is 17.8 Å². The number of aliphatic hydroxyl groups excluding tert-OH is 1. The molecule has 3 atom stereocenters. The summed E-state index contributed by atoms with van der Waals surface area (Å²) in [5, 5.41) is 17.7. The summed E-state index contributed by atoms with van der Waals surface area (Å²) in [4.78, 5) is 33.0. The van der Waals surface area contributed by atoms with Crippen LogP contribution in [0.2, 0.25) is 0 Å². The standard InChI is InChI=1S/C22H23N5O3/c28-11-16-13-8-27(9-14(13)16)22(30)20-15-10-26(6-5-18(15)24-25-20)21(29)19-7-12-3-1-2-4-17(12)23-19/h1-4,7,13-14,16,23,28H,5-6,8-11H2,(H,24,25)/t13-,14+,16?. The van der Waals surface area contributed by atoms with Crippen molar-refractivity contribution in [1.82, 2.24) is 25.0 Å². The molecule has 3 N–H and O–H groups in total. The van der Waals surface area contributed by atoms with E-state index < -0.39 is 0 Å². The highest BCUT2D eigenvalue weighted by molar-refractivity contribution is 5.98. The van der Waals surface area contributed by atoms with E-state index in [9.17, 15) is 14.7 Å². The SMILES string of the molecule is O=C(c1cc2ccccc2[nH]1)N1CCc2[nH]nc(C(=O)N3C[C@@H]4C(CO)[C@@H]4C3)c2C1. The fraction of sp³-hybridized carbons (Fsp3) is 0.409. The normalized spacial score (nSPS) is 24.8. The second-order valence-corrected chi connectivity index (χ2v) is 8.66. The Kier molecular flexibility index (Phi) is 3.80. The van der Waals surface area contributed by atoms with Gasteiger partial charge in [-0.3, -0.25) is 14.7 Å². The molecule has 0 radical (unpaired) electrons. The first kappa shape index (κ1) is 17.7. The summed E-state index contributed by atoms with van der Waals surface area (Å²) in [5.41, 5.74) is 3.70. The van der Waals surface area contributed by atoms with Gasteiger partial charge in [-0.15, -0.1) is 0 Å². The van der Waals surface area contributed by atoms with Gasteiger partial charge in [-0.2, -0.15) is 5.10 Å². The van der Waals surface area contributed by atoms with Gasteiger partial charge in [0.25, 0.3) is 11.8 Å². The summed E-state index contributed by atoms with van der Waals surface area (Å²) in [6.45, 7) is 2.55. The molecule has 1 unspecified atom stereocenters. The number of amides is 2. The van der Waals surface area contributed by atoms with Crippen LogP contribution in [-0.2, 0) is 13.0 Å². The molecule has 1 saturated carbocycles. The predicted octanol–water partition coefficient (Wildman–Crippen LogP) is 1.40. The monoisotopic (exact) mass is 405 g/mol. The van der Waals surface area contributed by atoms with E-state index in [1.807, 2.05) is 35.2 Å². The molecule has 3 aromatic rings. The Morgan fingerprint density at radius 1 is 1.13 bits per heavy atom. The number of fused-ring (bicyclic) bond motifs is 3. The summed E-state index contributed by atoms with van der Waals surface area (Å²) in [6, 6.07) is 9.70. The molecule has 2 aliphatic heterocycles. The minimum absolute atomic E-state index is 0.0651. The zero-order chi connectivity index (χ0) is 20.4. The molecule has 8 nitrogen and oxygen atoms in total. The first-order valence-electron chi connectivity index (χ1n) is 10.5. The lowest BCUT2D eigenvalue weighted by Gasteiger charge is -2.27. The lowest BCUT2D eigenvalue weighted by Crippen LogP contribution is -2.38. The third kappa shape index (κ3) is 2.60. The largest absolute Gasteiger partial charge is 0.396 e. The Bertz CT molecular complexity index is 1120. The van der Waals surface area contributed by atoms with Crippen molar-refractivity contribution in [2.75, 3.05) is 26.2 Å². The molecular formula is C22H23N5O3. The van der Waals surface area contributed by atoms with Crippen LogP contribution in [0.1, 0.15) is 32.2 Å². The summed E-state index contributed by atoms with van der Waals surface area (Å²) in [7, 11) is 0. The van der Waals surface area contributed by atoms with Crippen LogP contribution in [0.4, 0.5) is 0 Å². The molecule has 2 fully saturated rings.